The van der Waals surface area contributed by atoms with Gasteiger partial charge in [-0.1, -0.05) is 12.1 Å². The molecule has 134 valence electrons. The van der Waals surface area contributed by atoms with E-state index in [1.807, 2.05) is 43.3 Å². The number of rotatable bonds is 3. The molecule has 1 saturated heterocycles. The van der Waals surface area contributed by atoms with Gasteiger partial charge in [0.25, 0.3) is 0 Å². The van der Waals surface area contributed by atoms with Crippen LogP contribution in [0, 0.1) is 0 Å². The summed E-state index contributed by atoms with van der Waals surface area (Å²) in [6.07, 6.45) is -5.66. The number of nitrogens with one attached hydrogen (secondary N) is 1. The van der Waals surface area contributed by atoms with Crippen LogP contribution in [-0.2, 0) is 6.54 Å². The highest BCUT2D eigenvalue weighted by atomic mass is 19.4. The van der Waals surface area contributed by atoms with E-state index in [2.05, 4.69) is 5.32 Å². The third kappa shape index (κ3) is 4.11. The van der Waals surface area contributed by atoms with Gasteiger partial charge < -0.3 is 20.2 Å². The van der Waals surface area contributed by atoms with Crippen LogP contribution in [0.15, 0.2) is 24.3 Å². The maximum absolute atomic E-state index is 12.7. The number of nitrogens with zero attached hydrogens (tertiary/aromatic N) is 2. The van der Waals surface area contributed by atoms with Crippen molar-refractivity contribution in [3.05, 3.63) is 29.8 Å². The summed E-state index contributed by atoms with van der Waals surface area (Å²) in [4.78, 5) is 15.3. The zero-order valence-corrected chi connectivity index (χ0v) is 13.7. The molecule has 1 aromatic carbocycles. The van der Waals surface area contributed by atoms with E-state index < -0.39 is 30.7 Å². The minimum absolute atomic E-state index is 0.124. The number of aliphatic hydroxyl groups is 1. The van der Waals surface area contributed by atoms with Crippen LogP contribution in [0.2, 0.25) is 0 Å². The first-order chi connectivity index (χ1) is 11.1. The van der Waals surface area contributed by atoms with E-state index in [-0.39, 0.29) is 13.1 Å². The number of benzene rings is 1. The molecule has 0 atom stereocenters. The number of urea groups is 1. The Morgan fingerprint density at radius 2 is 1.79 bits per heavy atom. The van der Waals surface area contributed by atoms with Crippen molar-refractivity contribution in [2.45, 2.75) is 31.2 Å². The summed E-state index contributed by atoms with van der Waals surface area (Å²) < 4.78 is 38.2. The van der Waals surface area contributed by atoms with E-state index in [9.17, 15) is 23.1 Å². The van der Waals surface area contributed by atoms with Crippen LogP contribution in [0.4, 0.5) is 23.7 Å². The Balaban J connectivity index is 1.84. The summed E-state index contributed by atoms with van der Waals surface area (Å²) in [5.74, 6) is 0. The van der Waals surface area contributed by atoms with Crippen molar-refractivity contribution in [1.29, 1.82) is 0 Å². The molecule has 2 amide bonds. The fourth-order valence-electron chi connectivity index (χ4n) is 2.56. The van der Waals surface area contributed by atoms with E-state index in [1.54, 1.807) is 0 Å². The van der Waals surface area contributed by atoms with Gasteiger partial charge in [0, 0.05) is 52.3 Å². The van der Waals surface area contributed by atoms with Crippen LogP contribution in [-0.4, -0.2) is 55.0 Å². The summed E-state index contributed by atoms with van der Waals surface area (Å²) >= 11 is 0. The van der Waals surface area contributed by atoms with Gasteiger partial charge in [0.1, 0.15) is 0 Å². The molecule has 0 aromatic heterocycles. The molecule has 1 aromatic rings. The largest absolute Gasteiger partial charge is 0.417 e. The van der Waals surface area contributed by atoms with E-state index in [1.165, 1.54) is 4.90 Å². The molecule has 0 unspecified atom stereocenters. The number of carbonyl (C=O) groups is 1. The van der Waals surface area contributed by atoms with Crippen LogP contribution in [0.1, 0.15) is 18.4 Å². The lowest BCUT2D eigenvalue weighted by atomic mass is 9.91. The summed E-state index contributed by atoms with van der Waals surface area (Å²) in [5.41, 5.74) is -0.753. The number of halogens is 3. The third-order valence-electron chi connectivity index (χ3n) is 4.30. The Morgan fingerprint density at radius 1 is 1.25 bits per heavy atom. The molecule has 0 aliphatic carbocycles. The molecular formula is C16H22F3N3O2. The number of piperidine rings is 1. The number of likely N-dealkylation sites (tertiary alicyclic amines) is 1. The molecule has 1 heterocycles. The molecule has 0 spiro atoms. The third-order valence-corrected chi connectivity index (χ3v) is 4.30. The molecule has 1 fully saturated rings. The summed E-state index contributed by atoms with van der Waals surface area (Å²) in [6, 6.07) is 7.19. The van der Waals surface area contributed by atoms with Gasteiger partial charge in [0.05, 0.1) is 0 Å². The number of carbonyl (C=O) groups excluding carboxylic acids is 1. The van der Waals surface area contributed by atoms with Crippen molar-refractivity contribution >= 4 is 11.7 Å². The average Bonchev–Trinajstić information content (AvgIpc) is 2.52. The van der Waals surface area contributed by atoms with Gasteiger partial charge in [-0.25, -0.2) is 4.79 Å². The first-order valence-electron chi connectivity index (χ1n) is 7.70. The molecule has 2 rings (SSSR count). The Bertz CT molecular complexity index is 565. The van der Waals surface area contributed by atoms with E-state index >= 15 is 0 Å². The van der Waals surface area contributed by atoms with E-state index in [4.69, 9.17) is 0 Å². The summed E-state index contributed by atoms with van der Waals surface area (Å²) in [6.45, 7) is 0.0510. The zero-order valence-electron chi connectivity index (χ0n) is 13.7. The van der Waals surface area contributed by atoms with Crippen molar-refractivity contribution < 1.29 is 23.1 Å². The van der Waals surface area contributed by atoms with Crippen LogP contribution in [0.5, 0.6) is 0 Å². The highest BCUT2D eigenvalue weighted by molar-refractivity contribution is 5.74. The number of alkyl halides is 3. The van der Waals surface area contributed by atoms with Crippen LogP contribution >= 0.6 is 0 Å². The maximum atomic E-state index is 12.7. The first-order valence-corrected chi connectivity index (χ1v) is 7.70. The standard InChI is InChI=1S/C16H22F3N3O2/c1-21(2)13-5-3-12(4-6-13)11-20-14(23)22-9-7-15(24,8-10-22)16(17,18)19/h3-6,24H,7-11H2,1-2H3,(H,20,23). The van der Waals surface area contributed by atoms with Gasteiger partial charge in [-0.15, -0.1) is 0 Å². The molecule has 2 N–H and O–H groups in total. The van der Waals surface area contributed by atoms with Gasteiger partial charge in [-0.05, 0) is 17.7 Å². The predicted octanol–water partition coefficient (Wildman–Crippen LogP) is 2.35. The lowest BCUT2D eigenvalue weighted by Crippen LogP contribution is -2.55. The van der Waals surface area contributed by atoms with Gasteiger partial charge in [0.2, 0.25) is 0 Å². The molecule has 8 heteroatoms. The van der Waals surface area contributed by atoms with Crippen LogP contribution < -0.4 is 10.2 Å². The number of amides is 2. The molecule has 0 bridgehead atoms. The zero-order chi connectivity index (χ0) is 18.0. The van der Waals surface area contributed by atoms with Gasteiger partial charge in [-0.3, -0.25) is 0 Å². The highest BCUT2D eigenvalue weighted by Gasteiger charge is 2.54. The normalized spacial score (nSPS) is 17.5. The molecule has 1 aliphatic heterocycles. The fourth-order valence-corrected chi connectivity index (χ4v) is 2.56. The second kappa shape index (κ2) is 6.88. The Kier molecular flexibility index (Phi) is 5.27. The molecule has 0 radical (unpaired) electrons. The Morgan fingerprint density at radius 3 is 2.25 bits per heavy atom. The highest BCUT2D eigenvalue weighted by Crippen LogP contribution is 2.38. The quantitative estimate of drug-likeness (QED) is 0.884. The predicted molar refractivity (Wildman–Crippen MR) is 84.8 cm³/mol. The summed E-state index contributed by atoms with van der Waals surface area (Å²) in [5, 5.41) is 12.3. The molecule has 0 saturated carbocycles. The number of hydrogen-bond donors (Lipinski definition) is 2. The minimum atomic E-state index is -4.66. The number of anilines is 1. The second-order valence-electron chi connectivity index (χ2n) is 6.24. The van der Waals surface area contributed by atoms with Gasteiger partial charge in [-0.2, -0.15) is 13.2 Å². The van der Waals surface area contributed by atoms with Crippen molar-refractivity contribution in [1.82, 2.24) is 10.2 Å². The Hall–Kier alpha value is -1.96. The number of hydrogen-bond acceptors (Lipinski definition) is 3. The van der Waals surface area contributed by atoms with Crippen molar-refractivity contribution in [3.63, 3.8) is 0 Å². The lowest BCUT2D eigenvalue weighted by molar-refractivity contribution is -0.271. The first kappa shape index (κ1) is 18.4. The van der Waals surface area contributed by atoms with Gasteiger partial charge in [0.15, 0.2) is 5.60 Å². The maximum Gasteiger partial charge on any atom is 0.417 e. The van der Waals surface area contributed by atoms with Crippen molar-refractivity contribution in [3.8, 4) is 0 Å². The fraction of sp³-hybridized carbons (Fsp3) is 0.562. The smallest absolute Gasteiger partial charge is 0.380 e. The van der Waals surface area contributed by atoms with Crippen LogP contribution in [0.3, 0.4) is 0 Å². The molecule has 24 heavy (non-hydrogen) atoms. The average molecular weight is 345 g/mol. The molecular weight excluding hydrogens is 323 g/mol. The topological polar surface area (TPSA) is 55.8 Å². The lowest BCUT2D eigenvalue weighted by Gasteiger charge is -2.39. The van der Waals surface area contributed by atoms with Crippen LogP contribution in [0.25, 0.3) is 0 Å². The minimum Gasteiger partial charge on any atom is -0.380 e. The SMILES string of the molecule is CN(C)c1ccc(CNC(=O)N2CCC(O)(C(F)(F)F)CC2)cc1. The molecule has 5 nitrogen and oxygen atoms in total. The van der Waals surface area contributed by atoms with E-state index in [0.29, 0.717) is 6.54 Å². The van der Waals surface area contributed by atoms with Crippen molar-refractivity contribution in [2.24, 2.45) is 0 Å². The molecule has 1 aliphatic rings. The van der Waals surface area contributed by atoms with E-state index in [0.717, 1.165) is 11.3 Å². The van der Waals surface area contributed by atoms with Gasteiger partial charge >= 0.3 is 12.2 Å². The second-order valence-corrected chi connectivity index (χ2v) is 6.24. The summed E-state index contributed by atoms with van der Waals surface area (Å²) in [7, 11) is 3.85. The van der Waals surface area contributed by atoms with Crippen molar-refractivity contribution in [2.75, 3.05) is 32.1 Å². The Labute approximate surface area is 139 Å². The monoisotopic (exact) mass is 345 g/mol.